The van der Waals surface area contributed by atoms with Gasteiger partial charge in [-0.3, -0.25) is 9.88 Å². The van der Waals surface area contributed by atoms with Crippen molar-refractivity contribution in [3.8, 4) is 17.3 Å². The number of hydrogen-bond acceptors (Lipinski definition) is 8. The van der Waals surface area contributed by atoms with Gasteiger partial charge in [0.1, 0.15) is 30.2 Å². The molecule has 1 N–H and O–H groups in total. The lowest BCUT2D eigenvalue weighted by atomic mass is 10.2. The molecule has 39 heavy (non-hydrogen) atoms. The summed E-state index contributed by atoms with van der Waals surface area (Å²) >= 11 is 0. The summed E-state index contributed by atoms with van der Waals surface area (Å²) in [7, 11) is 2.17. The van der Waals surface area contributed by atoms with Gasteiger partial charge in [0, 0.05) is 43.4 Å². The predicted molar refractivity (Wildman–Crippen MR) is 153 cm³/mol. The molecular formula is C30H32N8O. The van der Waals surface area contributed by atoms with Gasteiger partial charge in [0.25, 0.3) is 0 Å². The molecule has 5 aromatic rings. The summed E-state index contributed by atoms with van der Waals surface area (Å²) in [6.45, 7) is 7.57. The minimum Gasteiger partial charge on any atom is -0.489 e. The molecule has 9 nitrogen and oxygen atoms in total. The fourth-order valence-electron chi connectivity index (χ4n) is 4.76. The molecule has 2 aromatic carbocycles. The molecular weight excluding hydrogens is 488 g/mol. The molecule has 1 aliphatic heterocycles. The average molecular weight is 521 g/mol. The number of rotatable bonds is 8. The van der Waals surface area contributed by atoms with Crippen molar-refractivity contribution in [2.75, 3.05) is 38.5 Å². The number of aryl methyl sites for hydroxylation is 1. The van der Waals surface area contributed by atoms with Gasteiger partial charge in [-0.15, -0.1) is 0 Å². The maximum Gasteiger partial charge on any atom is 0.160 e. The minimum absolute atomic E-state index is 0.532. The Kier molecular flexibility index (Phi) is 7.16. The van der Waals surface area contributed by atoms with Gasteiger partial charge in [-0.1, -0.05) is 30.3 Å². The fourth-order valence-corrected chi connectivity index (χ4v) is 4.76. The topological polar surface area (TPSA) is 84.2 Å². The van der Waals surface area contributed by atoms with Gasteiger partial charge in [-0.2, -0.15) is 0 Å². The number of nitrogens with zero attached hydrogens (tertiary/aromatic N) is 7. The Labute approximate surface area is 228 Å². The van der Waals surface area contributed by atoms with Crippen LogP contribution < -0.4 is 10.1 Å². The molecule has 1 aliphatic rings. The van der Waals surface area contributed by atoms with Gasteiger partial charge in [-0.25, -0.2) is 15.0 Å². The van der Waals surface area contributed by atoms with E-state index in [1.165, 1.54) is 0 Å². The molecule has 0 spiro atoms. The van der Waals surface area contributed by atoms with Crippen molar-refractivity contribution in [2.45, 2.75) is 20.2 Å². The zero-order valence-electron chi connectivity index (χ0n) is 22.3. The predicted octanol–water partition coefficient (Wildman–Crippen LogP) is 4.72. The maximum absolute atomic E-state index is 5.93. The zero-order chi connectivity index (χ0) is 26.6. The van der Waals surface area contributed by atoms with Crippen LogP contribution in [0.5, 0.6) is 5.75 Å². The van der Waals surface area contributed by atoms with Crippen molar-refractivity contribution in [1.82, 2.24) is 34.3 Å². The van der Waals surface area contributed by atoms with Gasteiger partial charge in [0.2, 0.25) is 0 Å². The van der Waals surface area contributed by atoms with Crippen LogP contribution in [-0.2, 0) is 13.3 Å². The average Bonchev–Trinajstić information content (AvgIpc) is 3.34. The van der Waals surface area contributed by atoms with E-state index < -0.39 is 0 Å². The number of nitrogens with one attached hydrogen (secondary N) is 1. The van der Waals surface area contributed by atoms with Gasteiger partial charge < -0.3 is 19.5 Å². The lowest BCUT2D eigenvalue weighted by Crippen LogP contribution is -2.44. The maximum atomic E-state index is 5.93. The second kappa shape index (κ2) is 11.2. The molecule has 3 aromatic heterocycles. The number of hydrogen-bond donors (Lipinski definition) is 1. The SMILES string of the molecule is Cc1cn(CN2CCN(C)CC2)c(-c2cc3c(Nc4ccc(OCc5ccccc5)cc4)ncnc3cn2)n1. The Bertz CT molecular complexity index is 1540. The van der Waals surface area contributed by atoms with Crippen LogP contribution in [0.1, 0.15) is 11.3 Å². The van der Waals surface area contributed by atoms with Crippen molar-refractivity contribution in [2.24, 2.45) is 0 Å². The number of benzene rings is 2. The summed E-state index contributed by atoms with van der Waals surface area (Å²) in [6, 6.07) is 20.1. The number of imidazole rings is 1. The second-order valence-electron chi connectivity index (χ2n) is 9.97. The van der Waals surface area contributed by atoms with E-state index in [0.717, 1.165) is 83.8 Å². The molecule has 0 aliphatic carbocycles. The molecule has 9 heteroatoms. The summed E-state index contributed by atoms with van der Waals surface area (Å²) in [5.41, 5.74) is 4.59. The molecule has 1 fully saturated rings. The van der Waals surface area contributed by atoms with E-state index in [1.54, 1.807) is 12.5 Å². The Hall–Kier alpha value is -4.34. The van der Waals surface area contributed by atoms with E-state index in [-0.39, 0.29) is 0 Å². The highest BCUT2D eigenvalue weighted by Gasteiger charge is 2.18. The van der Waals surface area contributed by atoms with Crippen molar-refractivity contribution >= 4 is 22.4 Å². The van der Waals surface area contributed by atoms with E-state index in [0.29, 0.717) is 6.61 Å². The van der Waals surface area contributed by atoms with Crippen LogP contribution >= 0.6 is 0 Å². The highest BCUT2D eigenvalue weighted by atomic mass is 16.5. The Morgan fingerprint density at radius 1 is 0.923 bits per heavy atom. The van der Waals surface area contributed by atoms with Crippen molar-refractivity contribution < 1.29 is 4.74 Å². The van der Waals surface area contributed by atoms with Crippen molar-refractivity contribution in [3.63, 3.8) is 0 Å². The number of piperazine rings is 1. The molecule has 4 heterocycles. The number of anilines is 2. The molecule has 0 amide bonds. The normalized spacial score (nSPS) is 14.5. The first-order valence-corrected chi connectivity index (χ1v) is 13.2. The summed E-state index contributed by atoms with van der Waals surface area (Å²) in [6.07, 6.45) is 5.45. The highest BCUT2D eigenvalue weighted by Crippen LogP contribution is 2.28. The third-order valence-corrected chi connectivity index (χ3v) is 6.96. The Morgan fingerprint density at radius 2 is 1.72 bits per heavy atom. The molecule has 0 radical (unpaired) electrons. The molecule has 0 atom stereocenters. The first kappa shape index (κ1) is 25.0. The van der Waals surface area contributed by atoms with Crippen LogP contribution in [0, 0.1) is 6.92 Å². The lowest BCUT2D eigenvalue weighted by Gasteiger charge is -2.32. The monoisotopic (exact) mass is 520 g/mol. The van der Waals surface area contributed by atoms with Gasteiger partial charge >= 0.3 is 0 Å². The van der Waals surface area contributed by atoms with Crippen LogP contribution in [0.2, 0.25) is 0 Å². The van der Waals surface area contributed by atoms with Crippen LogP contribution in [0.15, 0.2) is 79.4 Å². The van der Waals surface area contributed by atoms with Gasteiger partial charge in [0.05, 0.1) is 24.1 Å². The van der Waals surface area contributed by atoms with Crippen LogP contribution in [0.4, 0.5) is 11.5 Å². The third kappa shape index (κ3) is 5.89. The fraction of sp³-hybridized carbons (Fsp3) is 0.267. The summed E-state index contributed by atoms with van der Waals surface area (Å²) in [4.78, 5) is 23.3. The number of aromatic nitrogens is 5. The van der Waals surface area contributed by atoms with E-state index >= 15 is 0 Å². The van der Waals surface area contributed by atoms with Crippen molar-refractivity contribution in [1.29, 1.82) is 0 Å². The van der Waals surface area contributed by atoms with Crippen molar-refractivity contribution in [3.05, 3.63) is 90.6 Å². The smallest absolute Gasteiger partial charge is 0.160 e. The largest absolute Gasteiger partial charge is 0.489 e. The zero-order valence-corrected chi connectivity index (χ0v) is 22.3. The molecule has 0 unspecified atom stereocenters. The number of ether oxygens (including phenoxy) is 1. The van der Waals surface area contributed by atoms with Gasteiger partial charge in [-0.05, 0) is 49.9 Å². The summed E-state index contributed by atoms with van der Waals surface area (Å²) in [5.74, 6) is 2.38. The van der Waals surface area contributed by atoms with E-state index in [4.69, 9.17) is 14.7 Å². The van der Waals surface area contributed by atoms with Gasteiger partial charge in [0.15, 0.2) is 5.82 Å². The summed E-state index contributed by atoms with van der Waals surface area (Å²) in [5, 5.41) is 4.33. The molecule has 0 bridgehead atoms. The first-order valence-electron chi connectivity index (χ1n) is 13.2. The van der Waals surface area contributed by atoms with E-state index in [2.05, 4.69) is 55.0 Å². The Balaban J connectivity index is 1.21. The standard InChI is InChI=1S/C30H32N8O/c1-22-18-38(21-37-14-12-36(2)13-15-37)30(34-22)27-16-26-28(17-31-27)32-20-33-29(26)35-24-8-10-25(11-9-24)39-19-23-6-4-3-5-7-23/h3-11,16-18,20H,12-15,19,21H2,1-2H3,(H,32,33,35). The van der Waals surface area contributed by atoms with E-state index in [1.807, 2.05) is 55.5 Å². The minimum atomic E-state index is 0.532. The Morgan fingerprint density at radius 3 is 2.51 bits per heavy atom. The highest BCUT2D eigenvalue weighted by molar-refractivity contribution is 5.92. The van der Waals surface area contributed by atoms with Crippen LogP contribution in [0.3, 0.4) is 0 Å². The quantitative estimate of drug-likeness (QED) is 0.315. The lowest BCUT2D eigenvalue weighted by molar-refractivity contribution is 0.125. The number of pyridine rings is 1. The number of likely N-dealkylation sites (N-methyl/N-ethyl adjacent to an activating group) is 1. The van der Waals surface area contributed by atoms with Crippen LogP contribution in [0.25, 0.3) is 22.4 Å². The molecule has 0 saturated carbocycles. The van der Waals surface area contributed by atoms with Crippen LogP contribution in [-0.4, -0.2) is 67.5 Å². The number of fused-ring (bicyclic) bond motifs is 1. The molecule has 1 saturated heterocycles. The molecule has 198 valence electrons. The summed E-state index contributed by atoms with van der Waals surface area (Å²) < 4.78 is 8.12. The second-order valence-corrected chi connectivity index (χ2v) is 9.97. The molecule has 6 rings (SSSR count). The third-order valence-electron chi connectivity index (χ3n) is 6.96. The van der Waals surface area contributed by atoms with E-state index in [9.17, 15) is 0 Å². The first-order chi connectivity index (χ1) is 19.1.